The van der Waals surface area contributed by atoms with Gasteiger partial charge in [0.1, 0.15) is 11.6 Å². The van der Waals surface area contributed by atoms with Crippen molar-refractivity contribution in [3.05, 3.63) is 41.0 Å². The second-order valence-corrected chi connectivity index (χ2v) is 3.72. The number of hydrogen-bond acceptors (Lipinski definition) is 1. The molecule has 1 aromatic rings. The monoisotopic (exact) mass is 209 g/mol. The van der Waals surface area contributed by atoms with E-state index in [0.717, 1.165) is 32.0 Å². The predicted octanol–water partition coefficient (Wildman–Crippen LogP) is 2.73. The summed E-state index contributed by atoms with van der Waals surface area (Å²) in [6.45, 7) is 1.88. The van der Waals surface area contributed by atoms with Crippen molar-refractivity contribution >= 4 is 6.08 Å². The third kappa shape index (κ3) is 2.63. The molecular formula is C12H13F2N. The molecule has 1 aliphatic rings. The van der Waals surface area contributed by atoms with Crippen LogP contribution in [0.1, 0.15) is 18.4 Å². The fourth-order valence-corrected chi connectivity index (χ4v) is 1.73. The van der Waals surface area contributed by atoms with Crippen molar-refractivity contribution in [2.45, 2.75) is 12.8 Å². The molecule has 0 saturated carbocycles. The van der Waals surface area contributed by atoms with Crippen LogP contribution in [0.15, 0.2) is 23.8 Å². The standard InChI is InChI=1S/C12H13F2N/c13-11-2-1-10(12(14)8-11)7-9-3-5-15-6-4-9/h1-2,7-8,15H,3-6H2. The molecule has 0 aromatic heterocycles. The van der Waals surface area contributed by atoms with Crippen molar-refractivity contribution < 1.29 is 8.78 Å². The van der Waals surface area contributed by atoms with Crippen molar-refractivity contribution in [1.29, 1.82) is 0 Å². The van der Waals surface area contributed by atoms with E-state index >= 15 is 0 Å². The van der Waals surface area contributed by atoms with Gasteiger partial charge in [0, 0.05) is 11.6 Å². The summed E-state index contributed by atoms with van der Waals surface area (Å²) in [6.07, 6.45) is 3.71. The third-order valence-corrected chi connectivity index (χ3v) is 2.57. The van der Waals surface area contributed by atoms with Gasteiger partial charge in [-0.1, -0.05) is 11.6 Å². The summed E-state index contributed by atoms with van der Waals surface area (Å²) >= 11 is 0. The molecule has 1 aromatic carbocycles. The lowest BCUT2D eigenvalue weighted by molar-refractivity contribution is 0.580. The Kier molecular flexibility index (Phi) is 3.11. The summed E-state index contributed by atoms with van der Waals surface area (Å²) < 4.78 is 26.0. The van der Waals surface area contributed by atoms with Crippen molar-refractivity contribution in [3.63, 3.8) is 0 Å². The zero-order valence-electron chi connectivity index (χ0n) is 8.39. The number of rotatable bonds is 1. The van der Waals surface area contributed by atoms with Gasteiger partial charge in [-0.05, 0) is 38.1 Å². The molecule has 15 heavy (non-hydrogen) atoms. The van der Waals surface area contributed by atoms with Gasteiger partial charge in [-0.25, -0.2) is 8.78 Å². The molecule has 0 bridgehead atoms. The summed E-state index contributed by atoms with van der Waals surface area (Å²) in [4.78, 5) is 0. The zero-order chi connectivity index (χ0) is 10.7. The maximum atomic E-state index is 13.3. The predicted molar refractivity (Wildman–Crippen MR) is 56.4 cm³/mol. The number of benzene rings is 1. The van der Waals surface area contributed by atoms with Crippen LogP contribution < -0.4 is 5.32 Å². The fraction of sp³-hybridized carbons (Fsp3) is 0.333. The minimum Gasteiger partial charge on any atom is -0.316 e. The van der Waals surface area contributed by atoms with E-state index in [1.165, 1.54) is 17.7 Å². The molecule has 0 atom stereocenters. The Balaban J connectivity index is 2.22. The van der Waals surface area contributed by atoms with E-state index in [1.54, 1.807) is 0 Å². The Morgan fingerprint density at radius 3 is 2.53 bits per heavy atom. The molecule has 0 amide bonds. The number of piperidine rings is 1. The van der Waals surface area contributed by atoms with Crippen LogP contribution in [-0.4, -0.2) is 13.1 Å². The summed E-state index contributed by atoms with van der Waals surface area (Å²) in [6, 6.07) is 3.70. The largest absolute Gasteiger partial charge is 0.316 e. The van der Waals surface area contributed by atoms with E-state index in [4.69, 9.17) is 0 Å². The van der Waals surface area contributed by atoms with Crippen LogP contribution in [0.5, 0.6) is 0 Å². The van der Waals surface area contributed by atoms with Crippen LogP contribution in [0.3, 0.4) is 0 Å². The molecule has 0 unspecified atom stereocenters. The van der Waals surface area contributed by atoms with E-state index in [1.807, 2.05) is 6.08 Å². The van der Waals surface area contributed by atoms with Crippen LogP contribution in [0.2, 0.25) is 0 Å². The Morgan fingerprint density at radius 1 is 1.13 bits per heavy atom. The zero-order valence-corrected chi connectivity index (χ0v) is 8.39. The highest BCUT2D eigenvalue weighted by atomic mass is 19.1. The first-order valence-corrected chi connectivity index (χ1v) is 5.11. The average Bonchev–Trinajstić information content (AvgIpc) is 2.24. The highest BCUT2D eigenvalue weighted by Gasteiger charge is 2.06. The molecule has 1 N–H and O–H groups in total. The normalized spacial score (nSPS) is 16.5. The van der Waals surface area contributed by atoms with Gasteiger partial charge >= 0.3 is 0 Å². The fourth-order valence-electron chi connectivity index (χ4n) is 1.73. The maximum absolute atomic E-state index is 13.3. The average molecular weight is 209 g/mol. The van der Waals surface area contributed by atoms with Gasteiger partial charge in [-0.15, -0.1) is 0 Å². The van der Waals surface area contributed by atoms with Gasteiger partial charge < -0.3 is 5.32 Å². The lowest BCUT2D eigenvalue weighted by Crippen LogP contribution is -2.22. The molecule has 3 heteroatoms. The Morgan fingerprint density at radius 2 is 1.87 bits per heavy atom. The minimum atomic E-state index is -0.528. The highest BCUT2D eigenvalue weighted by molar-refractivity contribution is 5.53. The topological polar surface area (TPSA) is 12.0 Å². The second kappa shape index (κ2) is 4.53. The maximum Gasteiger partial charge on any atom is 0.133 e. The Bertz CT molecular complexity index is 377. The second-order valence-electron chi connectivity index (χ2n) is 3.72. The molecule has 1 saturated heterocycles. The highest BCUT2D eigenvalue weighted by Crippen LogP contribution is 2.18. The van der Waals surface area contributed by atoms with Crippen LogP contribution in [0.4, 0.5) is 8.78 Å². The molecule has 0 radical (unpaired) electrons. The molecule has 1 aliphatic heterocycles. The Hall–Kier alpha value is -1.22. The molecule has 1 fully saturated rings. The van der Waals surface area contributed by atoms with Gasteiger partial charge in [-0.2, -0.15) is 0 Å². The van der Waals surface area contributed by atoms with Crippen LogP contribution >= 0.6 is 0 Å². The lowest BCUT2D eigenvalue weighted by Gasteiger charge is -2.15. The van der Waals surface area contributed by atoms with E-state index < -0.39 is 11.6 Å². The smallest absolute Gasteiger partial charge is 0.133 e. The molecule has 0 spiro atoms. The van der Waals surface area contributed by atoms with Crippen LogP contribution in [0, 0.1) is 11.6 Å². The van der Waals surface area contributed by atoms with Crippen molar-refractivity contribution in [3.8, 4) is 0 Å². The molecule has 80 valence electrons. The first-order valence-electron chi connectivity index (χ1n) is 5.11. The van der Waals surface area contributed by atoms with Crippen LogP contribution in [0.25, 0.3) is 6.08 Å². The summed E-state index contributed by atoms with van der Waals surface area (Å²) in [5, 5.41) is 3.23. The SMILES string of the molecule is Fc1ccc(C=C2CCNCC2)c(F)c1. The third-order valence-electron chi connectivity index (χ3n) is 2.57. The van der Waals surface area contributed by atoms with Crippen molar-refractivity contribution in [2.24, 2.45) is 0 Å². The summed E-state index contributed by atoms with van der Waals surface area (Å²) in [7, 11) is 0. The molecule has 2 rings (SSSR count). The van der Waals surface area contributed by atoms with E-state index in [2.05, 4.69) is 5.32 Å². The van der Waals surface area contributed by atoms with Crippen molar-refractivity contribution in [1.82, 2.24) is 5.32 Å². The van der Waals surface area contributed by atoms with Gasteiger partial charge in [0.2, 0.25) is 0 Å². The molecule has 0 aliphatic carbocycles. The van der Waals surface area contributed by atoms with Gasteiger partial charge in [0.15, 0.2) is 0 Å². The minimum absolute atomic E-state index is 0.480. The van der Waals surface area contributed by atoms with E-state index in [0.29, 0.717) is 5.56 Å². The first kappa shape index (κ1) is 10.3. The summed E-state index contributed by atoms with van der Waals surface area (Å²) in [5.74, 6) is -1.01. The van der Waals surface area contributed by atoms with E-state index in [-0.39, 0.29) is 0 Å². The van der Waals surface area contributed by atoms with Gasteiger partial charge in [0.25, 0.3) is 0 Å². The van der Waals surface area contributed by atoms with Gasteiger partial charge in [-0.3, -0.25) is 0 Å². The number of halogens is 2. The molecule has 1 heterocycles. The Labute approximate surface area is 87.8 Å². The van der Waals surface area contributed by atoms with Gasteiger partial charge in [0.05, 0.1) is 0 Å². The van der Waals surface area contributed by atoms with E-state index in [9.17, 15) is 8.78 Å². The lowest BCUT2D eigenvalue weighted by atomic mass is 10.0. The quantitative estimate of drug-likeness (QED) is 0.749. The van der Waals surface area contributed by atoms with Crippen molar-refractivity contribution in [2.75, 3.05) is 13.1 Å². The summed E-state index contributed by atoms with van der Waals surface area (Å²) in [5.41, 5.74) is 1.70. The first-order chi connectivity index (χ1) is 7.25. The van der Waals surface area contributed by atoms with Crippen LogP contribution in [-0.2, 0) is 0 Å². The number of hydrogen-bond donors (Lipinski definition) is 1. The number of nitrogens with one attached hydrogen (secondary N) is 1. The molecular weight excluding hydrogens is 196 g/mol. The molecule has 1 nitrogen and oxygen atoms in total.